The van der Waals surface area contributed by atoms with Gasteiger partial charge in [0.15, 0.2) is 0 Å². The van der Waals surface area contributed by atoms with Crippen LogP contribution < -0.4 is 0 Å². The fourth-order valence-corrected chi connectivity index (χ4v) is 4.49. The van der Waals surface area contributed by atoms with E-state index in [4.69, 9.17) is 5.26 Å². The molecule has 0 N–H and O–H groups in total. The molecule has 0 radical (unpaired) electrons. The maximum Gasteiger partial charge on any atom is 0.143 e. The maximum atomic E-state index is 14.5. The van der Waals surface area contributed by atoms with Crippen molar-refractivity contribution in [2.75, 3.05) is 0 Å². The number of hydrogen-bond acceptors (Lipinski definition) is 2. The number of fused-ring (bicyclic) bond motifs is 4. The summed E-state index contributed by atoms with van der Waals surface area (Å²) < 4.78 is 16.5. The number of halogens is 1. The first-order chi connectivity index (χ1) is 15.7. The Morgan fingerprint density at radius 3 is 2.50 bits per heavy atom. The summed E-state index contributed by atoms with van der Waals surface area (Å²) in [6, 6.07) is 31.2. The number of nitrogens with zero attached hydrogens (tertiary/aromatic N) is 3. The summed E-state index contributed by atoms with van der Waals surface area (Å²) in [6.45, 7) is 0. The molecule has 0 bridgehead atoms. The molecule has 0 amide bonds. The Bertz CT molecular complexity index is 1710. The molecule has 0 aliphatic rings. The summed E-state index contributed by atoms with van der Waals surface area (Å²) in [7, 11) is 0. The molecule has 4 aromatic carbocycles. The molecule has 0 unspecified atom stereocenters. The Morgan fingerprint density at radius 1 is 0.812 bits per heavy atom. The van der Waals surface area contributed by atoms with E-state index >= 15 is 0 Å². The third-order valence-electron chi connectivity index (χ3n) is 5.93. The standard InChI is InChI=1S/C28H16FN3/c29-24-15-21(13-12-19(24)16-30)32-26-10-4-2-7-23(26)28-22(8-5-11-27(28)32)20-14-18-6-1-3-9-25(18)31-17-20/h1-15,17H. The van der Waals surface area contributed by atoms with Crippen LogP contribution in [0.25, 0.3) is 49.5 Å². The average Bonchev–Trinajstić information content (AvgIpc) is 3.18. The fraction of sp³-hybridized carbons (Fsp3) is 0. The monoisotopic (exact) mass is 413 g/mol. The highest BCUT2D eigenvalue weighted by molar-refractivity contribution is 6.16. The van der Waals surface area contributed by atoms with Gasteiger partial charge in [-0.2, -0.15) is 5.26 Å². The molecule has 2 aromatic heterocycles. The van der Waals surface area contributed by atoms with Crippen molar-refractivity contribution < 1.29 is 4.39 Å². The number of hydrogen-bond donors (Lipinski definition) is 0. The summed E-state index contributed by atoms with van der Waals surface area (Å²) in [5.74, 6) is -0.522. The molecule has 0 saturated carbocycles. The second kappa shape index (κ2) is 7.04. The lowest BCUT2D eigenvalue weighted by Gasteiger charge is -2.09. The number of para-hydroxylation sites is 2. The van der Waals surface area contributed by atoms with Gasteiger partial charge in [-0.15, -0.1) is 0 Å². The van der Waals surface area contributed by atoms with Crippen LogP contribution in [-0.2, 0) is 0 Å². The quantitative estimate of drug-likeness (QED) is 0.306. The fourth-order valence-electron chi connectivity index (χ4n) is 4.49. The zero-order valence-corrected chi connectivity index (χ0v) is 17.0. The second-order valence-corrected chi connectivity index (χ2v) is 7.74. The van der Waals surface area contributed by atoms with E-state index in [-0.39, 0.29) is 5.56 Å². The predicted molar refractivity (Wildman–Crippen MR) is 126 cm³/mol. The minimum atomic E-state index is -0.522. The van der Waals surface area contributed by atoms with E-state index in [9.17, 15) is 4.39 Å². The van der Waals surface area contributed by atoms with Crippen molar-refractivity contribution in [1.82, 2.24) is 9.55 Å². The van der Waals surface area contributed by atoms with Crippen molar-refractivity contribution >= 4 is 32.7 Å². The van der Waals surface area contributed by atoms with E-state index in [0.29, 0.717) is 5.69 Å². The highest BCUT2D eigenvalue weighted by Gasteiger charge is 2.17. The van der Waals surface area contributed by atoms with Crippen LogP contribution in [0.2, 0.25) is 0 Å². The second-order valence-electron chi connectivity index (χ2n) is 7.74. The molecule has 4 heteroatoms. The van der Waals surface area contributed by atoms with E-state index in [0.717, 1.165) is 43.8 Å². The Hall–Kier alpha value is -4.49. The van der Waals surface area contributed by atoms with Crippen LogP contribution in [0.5, 0.6) is 0 Å². The van der Waals surface area contributed by atoms with Crippen molar-refractivity contribution in [3.05, 3.63) is 109 Å². The molecule has 0 atom stereocenters. The first-order valence-electron chi connectivity index (χ1n) is 10.3. The molecule has 0 aliphatic carbocycles. The average molecular weight is 413 g/mol. The SMILES string of the molecule is N#Cc1ccc(-n2c3ccccc3c3c(-c4cnc5ccccc5c4)cccc32)cc1F. The topological polar surface area (TPSA) is 41.6 Å². The normalized spacial score (nSPS) is 11.2. The summed E-state index contributed by atoms with van der Waals surface area (Å²) in [6.07, 6.45) is 1.91. The van der Waals surface area contributed by atoms with Gasteiger partial charge < -0.3 is 4.57 Å². The molecule has 0 spiro atoms. The highest BCUT2D eigenvalue weighted by atomic mass is 19.1. The number of benzene rings is 4. The summed E-state index contributed by atoms with van der Waals surface area (Å²) >= 11 is 0. The lowest BCUT2D eigenvalue weighted by atomic mass is 9.99. The van der Waals surface area contributed by atoms with E-state index < -0.39 is 5.82 Å². The Labute approximate surface area is 183 Å². The smallest absolute Gasteiger partial charge is 0.143 e. The first kappa shape index (κ1) is 18.3. The molecule has 6 aromatic rings. The van der Waals surface area contributed by atoms with Gasteiger partial charge in [-0.1, -0.05) is 48.5 Å². The largest absolute Gasteiger partial charge is 0.309 e. The highest BCUT2D eigenvalue weighted by Crippen LogP contribution is 2.38. The predicted octanol–water partition coefficient (Wildman–Crippen LogP) is 7.01. The van der Waals surface area contributed by atoms with Gasteiger partial charge in [-0.3, -0.25) is 4.98 Å². The molecule has 6 rings (SSSR count). The van der Waals surface area contributed by atoms with Crippen LogP contribution in [-0.4, -0.2) is 9.55 Å². The van der Waals surface area contributed by atoms with Crippen LogP contribution in [0.1, 0.15) is 5.56 Å². The molecule has 0 saturated heterocycles. The van der Waals surface area contributed by atoms with Crippen molar-refractivity contribution in [2.24, 2.45) is 0 Å². The summed E-state index contributed by atoms with van der Waals surface area (Å²) in [4.78, 5) is 4.65. The number of pyridine rings is 1. The molecule has 150 valence electrons. The third-order valence-corrected chi connectivity index (χ3v) is 5.93. The molecule has 3 nitrogen and oxygen atoms in total. The van der Waals surface area contributed by atoms with Gasteiger partial charge in [0.05, 0.1) is 22.1 Å². The van der Waals surface area contributed by atoms with E-state index in [1.807, 2.05) is 65.4 Å². The van der Waals surface area contributed by atoms with Gasteiger partial charge in [0.25, 0.3) is 0 Å². The minimum absolute atomic E-state index is 0.0393. The van der Waals surface area contributed by atoms with Crippen molar-refractivity contribution in [1.29, 1.82) is 5.26 Å². The van der Waals surface area contributed by atoms with Crippen LogP contribution in [0.4, 0.5) is 4.39 Å². The van der Waals surface area contributed by atoms with Gasteiger partial charge in [0.1, 0.15) is 11.9 Å². The maximum absolute atomic E-state index is 14.5. The molecule has 2 heterocycles. The summed E-state index contributed by atoms with van der Waals surface area (Å²) in [5.41, 5.74) is 5.74. The van der Waals surface area contributed by atoms with Gasteiger partial charge in [0.2, 0.25) is 0 Å². The number of aromatic nitrogens is 2. The van der Waals surface area contributed by atoms with Gasteiger partial charge in [-0.25, -0.2) is 4.39 Å². The van der Waals surface area contributed by atoms with E-state index in [2.05, 4.69) is 29.2 Å². The lowest BCUT2D eigenvalue weighted by molar-refractivity contribution is 0.623. The Morgan fingerprint density at radius 2 is 1.62 bits per heavy atom. The molecule has 32 heavy (non-hydrogen) atoms. The number of nitriles is 1. The molecular formula is C28H16FN3. The van der Waals surface area contributed by atoms with Gasteiger partial charge in [-0.05, 0) is 48.0 Å². The van der Waals surface area contributed by atoms with Crippen molar-refractivity contribution in [3.8, 4) is 22.9 Å². The van der Waals surface area contributed by atoms with Crippen molar-refractivity contribution in [3.63, 3.8) is 0 Å². The molecule has 0 aliphatic heterocycles. The summed E-state index contributed by atoms with van der Waals surface area (Å²) in [5, 5.41) is 12.4. The van der Waals surface area contributed by atoms with E-state index in [1.54, 1.807) is 6.07 Å². The van der Waals surface area contributed by atoms with Gasteiger partial charge >= 0.3 is 0 Å². The Balaban J connectivity index is 1.69. The van der Waals surface area contributed by atoms with Crippen LogP contribution in [0.15, 0.2) is 97.2 Å². The zero-order valence-electron chi connectivity index (χ0n) is 17.0. The van der Waals surface area contributed by atoms with Crippen LogP contribution in [0.3, 0.4) is 0 Å². The van der Waals surface area contributed by atoms with Gasteiger partial charge in [0, 0.05) is 33.6 Å². The molecular weight excluding hydrogens is 397 g/mol. The third kappa shape index (κ3) is 2.69. The van der Waals surface area contributed by atoms with Crippen LogP contribution in [0, 0.1) is 17.1 Å². The number of rotatable bonds is 2. The first-order valence-corrected chi connectivity index (χ1v) is 10.3. The molecule has 0 fully saturated rings. The Kier molecular flexibility index (Phi) is 4.02. The van der Waals surface area contributed by atoms with Crippen molar-refractivity contribution in [2.45, 2.75) is 0 Å². The van der Waals surface area contributed by atoms with Crippen LogP contribution >= 0.6 is 0 Å². The van der Waals surface area contributed by atoms with E-state index in [1.165, 1.54) is 12.1 Å². The lowest BCUT2D eigenvalue weighted by Crippen LogP contribution is -1.96. The zero-order chi connectivity index (χ0) is 21.7. The minimum Gasteiger partial charge on any atom is -0.309 e.